The first kappa shape index (κ1) is 17.7. The highest BCUT2D eigenvalue weighted by Gasteiger charge is 2.33. The fraction of sp³-hybridized carbons (Fsp3) is 0.143. The molecule has 0 bridgehead atoms. The number of anilines is 2. The average molecular weight is 374 g/mol. The number of nitrogens with zero attached hydrogens (tertiary/aromatic N) is 2. The molecule has 1 aliphatic rings. The molecule has 0 unspecified atom stereocenters. The van der Waals surface area contributed by atoms with Crippen molar-refractivity contribution in [1.82, 2.24) is 9.78 Å². The summed E-state index contributed by atoms with van der Waals surface area (Å²) in [5, 5.41) is 9.96. The Morgan fingerprint density at radius 2 is 1.82 bits per heavy atom. The summed E-state index contributed by atoms with van der Waals surface area (Å²) in [5.41, 5.74) is 2.79. The molecular weight excluding hydrogens is 356 g/mol. The van der Waals surface area contributed by atoms with Crippen molar-refractivity contribution in [3.8, 4) is 11.1 Å². The van der Waals surface area contributed by atoms with Crippen LogP contribution in [-0.4, -0.2) is 27.4 Å². The van der Waals surface area contributed by atoms with Crippen LogP contribution in [0.1, 0.15) is 29.7 Å². The Balaban J connectivity index is 1.61. The van der Waals surface area contributed by atoms with Gasteiger partial charge < -0.3 is 10.6 Å². The molecule has 0 saturated heterocycles. The van der Waals surface area contributed by atoms with E-state index in [0.717, 1.165) is 11.1 Å². The molecule has 28 heavy (non-hydrogen) atoms. The molecule has 0 radical (unpaired) electrons. The van der Waals surface area contributed by atoms with Crippen molar-refractivity contribution in [3.05, 3.63) is 66.4 Å². The van der Waals surface area contributed by atoms with Crippen molar-refractivity contribution < 1.29 is 14.4 Å². The Hall–Kier alpha value is -3.74. The smallest absolute Gasteiger partial charge is 0.249 e. The van der Waals surface area contributed by atoms with Gasteiger partial charge in [0.15, 0.2) is 5.78 Å². The van der Waals surface area contributed by atoms with Crippen LogP contribution in [0.5, 0.6) is 0 Å². The molecule has 2 aromatic carbocycles. The van der Waals surface area contributed by atoms with Crippen LogP contribution in [-0.2, 0) is 9.59 Å². The van der Waals surface area contributed by atoms with E-state index in [-0.39, 0.29) is 24.0 Å². The number of nitrogens with one attached hydrogen (secondary N) is 2. The summed E-state index contributed by atoms with van der Waals surface area (Å²) in [5.74, 6) is -0.113. The van der Waals surface area contributed by atoms with Gasteiger partial charge in [0.05, 0.1) is 12.6 Å². The Labute approximate surface area is 161 Å². The topological polar surface area (TPSA) is 93.1 Å². The van der Waals surface area contributed by atoms with Crippen LogP contribution in [0.15, 0.2) is 60.8 Å². The van der Waals surface area contributed by atoms with Gasteiger partial charge in [-0.2, -0.15) is 5.10 Å². The van der Waals surface area contributed by atoms with Gasteiger partial charge in [0, 0.05) is 16.8 Å². The first-order valence-electron chi connectivity index (χ1n) is 8.87. The van der Waals surface area contributed by atoms with Crippen LogP contribution in [0.4, 0.5) is 11.5 Å². The molecule has 2 heterocycles. The third-order valence-corrected chi connectivity index (χ3v) is 4.67. The molecule has 0 spiro atoms. The second kappa shape index (κ2) is 7.11. The van der Waals surface area contributed by atoms with E-state index < -0.39 is 6.04 Å². The maximum Gasteiger partial charge on any atom is 0.249 e. The number of rotatable bonds is 4. The van der Waals surface area contributed by atoms with E-state index >= 15 is 0 Å². The summed E-state index contributed by atoms with van der Waals surface area (Å²) >= 11 is 0. The number of aromatic nitrogens is 2. The largest absolute Gasteiger partial charge is 0.324 e. The number of ketones is 1. The summed E-state index contributed by atoms with van der Waals surface area (Å²) in [6.07, 6.45) is 1.65. The fourth-order valence-electron chi connectivity index (χ4n) is 3.21. The van der Waals surface area contributed by atoms with Crippen LogP contribution in [0.3, 0.4) is 0 Å². The Morgan fingerprint density at radius 1 is 1.11 bits per heavy atom. The number of hydrogen-bond donors (Lipinski definition) is 2. The number of Topliss-reactive ketones (excluding diaryl/α,β-unsaturated/α-hetero) is 1. The maximum absolute atomic E-state index is 12.8. The molecule has 7 nitrogen and oxygen atoms in total. The predicted octanol–water partition coefficient (Wildman–Crippen LogP) is 3.27. The van der Waals surface area contributed by atoms with Gasteiger partial charge in [-0.25, -0.2) is 4.68 Å². The molecule has 0 aliphatic carbocycles. The van der Waals surface area contributed by atoms with Crippen LogP contribution in [0.2, 0.25) is 0 Å². The van der Waals surface area contributed by atoms with Crippen molar-refractivity contribution in [1.29, 1.82) is 0 Å². The van der Waals surface area contributed by atoms with E-state index in [1.54, 1.807) is 35.1 Å². The van der Waals surface area contributed by atoms with Gasteiger partial charge in [-0.3, -0.25) is 14.4 Å². The zero-order valence-electron chi connectivity index (χ0n) is 15.2. The summed E-state index contributed by atoms with van der Waals surface area (Å²) in [6.45, 7) is 1.48. The van der Waals surface area contributed by atoms with Crippen molar-refractivity contribution in [3.63, 3.8) is 0 Å². The summed E-state index contributed by atoms with van der Waals surface area (Å²) in [7, 11) is 0. The molecule has 7 heteroatoms. The fourth-order valence-corrected chi connectivity index (χ4v) is 3.21. The number of hydrogen-bond acceptors (Lipinski definition) is 4. The minimum atomic E-state index is -0.756. The van der Waals surface area contributed by atoms with Gasteiger partial charge in [-0.05, 0) is 36.8 Å². The lowest BCUT2D eigenvalue weighted by Gasteiger charge is -2.24. The molecule has 4 rings (SSSR count). The second-order valence-electron chi connectivity index (χ2n) is 6.61. The molecule has 2 N–H and O–H groups in total. The molecule has 1 atom stereocenters. The van der Waals surface area contributed by atoms with Crippen molar-refractivity contribution in [2.45, 2.75) is 19.4 Å². The molecule has 140 valence electrons. The molecule has 1 aliphatic heterocycles. The zero-order valence-corrected chi connectivity index (χ0v) is 15.2. The lowest BCUT2D eigenvalue weighted by atomic mass is 10.1. The van der Waals surface area contributed by atoms with Gasteiger partial charge in [-0.15, -0.1) is 0 Å². The normalized spacial score (nSPS) is 15.5. The van der Waals surface area contributed by atoms with E-state index in [9.17, 15) is 14.4 Å². The van der Waals surface area contributed by atoms with E-state index in [0.29, 0.717) is 17.1 Å². The van der Waals surface area contributed by atoms with Crippen LogP contribution in [0, 0.1) is 0 Å². The van der Waals surface area contributed by atoms with E-state index in [1.807, 2.05) is 30.3 Å². The van der Waals surface area contributed by atoms with Gasteiger partial charge in [0.1, 0.15) is 11.9 Å². The predicted molar refractivity (Wildman–Crippen MR) is 105 cm³/mol. The lowest BCUT2D eigenvalue weighted by Crippen LogP contribution is -2.35. The first-order chi connectivity index (χ1) is 13.5. The third-order valence-electron chi connectivity index (χ3n) is 4.67. The highest BCUT2D eigenvalue weighted by atomic mass is 16.2. The number of fused-ring (bicyclic) bond motifs is 1. The van der Waals surface area contributed by atoms with E-state index in [1.165, 1.54) is 6.92 Å². The molecule has 1 aromatic heterocycles. The van der Waals surface area contributed by atoms with Gasteiger partial charge in [-0.1, -0.05) is 30.3 Å². The Morgan fingerprint density at radius 3 is 2.50 bits per heavy atom. The summed E-state index contributed by atoms with van der Waals surface area (Å²) in [6, 6.07) is 15.4. The molecule has 0 saturated carbocycles. The highest BCUT2D eigenvalue weighted by Crippen LogP contribution is 2.34. The third kappa shape index (κ3) is 3.29. The monoisotopic (exact) mass is 374 g/mol. The Kier molecular flexibility index (Phi) is 4.49. The maximum atomic E-state index is 12.8. The van der Waals surface area contributed by atoms with Crippen molar-refractivity contribution >= 4 is 29.1 Å². The Bertz CT molecular complexity index is 1060. The number of carbonyl (C=O) groups excluding carboxylic acids is 3. The number of benzene rings is 2. The first-order valence-corrected chi connectivity index (χ1v) is 8.87. The van der Waals surface area contributed by atoms with Crippen LogP contribution in [0.25, 0.3) is 11.1 Å². The van der Waals surface area contributed by atoms with Gasteiger partial charge in [0.2, 0.25) is 11.8 Å². The quantitative estimate of drug-likeness (QED) is 0.686. The lowest BCUT2D eigenvalue weighted by molar-refractivity contribution is -0.125. The van der Waals surface area contributed by atoms with Crippen molar-refractivity contribution in [2.75, 3.05) is 10.6 Å². The van der Waals surface area contributed by atoms with E-state index in [2.05, 4.69) is 15.7 Å². The average Bonchev–Trinajstić information content (AvgIpc) is 3.12. The van der Waals surface area contributed by atoms with Gasteiger partial charge >= 0.3 is 0 Å². The minimum Gasteiger partial charge on any atom is -0.324 e. The minimum absolute atomic E-state index is 0.000270. The molecular formula is C21H18N4O3. The van der Waals surface area contributed by atoms with Gasteiger partial charge in [0.25, 0.3) is 0 Å². The molecule has 3 aromatic rings. The van der Waals surface area contributed by atoms with Crippen LogP contribution < -0.4 is 10.6 Å². The zero-order chi connectivity index (χ0) is 19.7. The van der Waals surface area contributed by atoms with E-state index in [4.69, 9.17) is 0 Å². The van der Waals surface area contributed by atoms with Crippen LogP contribution >= 0.6 is 0 Å². The van der Waals surface area contributed by atoms with Crippen molar-refractivity contribution in [2.24, 2.45) is 0 Å². The SMILES string of the molecule is CC(=O)c1ccc(NC(=O)[C@H]2CC(=O)Nc3c(-c4ccccc4)cnn32)cc1. The standard InChI is InChI=1S/C21H18N4O3/c1-13(26)14-7-9-16(10-8-14)23-21(28)18-11-19(27)24-20-17(12-22-25(18)20)15-5-3-2-4-6-15/h2-10,12,18H,11H2,1H3,(H,23,28)(H,24,27)/t18-/m1/s1. The second-order valence-corrected chi connectivity index (χ2v) is 6.61. The summed E-state index contributed by atoms with van der Waals surface area (Å²) in [4.78, 5) is 36.4. The highest BCUT2D eigenvalue weighted by molar-refractivity contribution is 6.03. The summed E-state index contributed by atoms with van der Waals surface area (Å²) < 4.78 is 1.54. The molecule has 0 fully saturated rings. The number of carbonyl (C=O) groups is 3. The number of amides is 2. The molecule has 2 amide bonds.